The minimum absolute atomic E-state index is 0.763. The minimum atomic E-state index is 0.763. The standard InChI is InChI=1S/C18H25N3S/c1-15-7-8-18(22-15)14-21(12-16-5-4-9-19-11-16)13-17-6-2-3-10-20-17/h2-3,6-8,10,16,19H,4-5,9,11-14H2,1H3/t16-/m0/s1. The second-order valence-electron chi connectivity index (χ2n) is 6.22. The zero-order valence-corrected chi connectivity index (χ0v) is 14.1. The van der Waals surface area contributed by atoms with E-state index < -0.39 is 0 Å². The Bertz CT molecular complexity index is 561. The van der Waals surface area contributed by atoms with Gasteiger partial charge in [-0.3, -0.25) is 9.88 Å². The van der Waals surface area contributed by atoms with Gasteiger partial charge in [0, 0.05) is 35.6 Å². The van der Waals surface area contributed by atoms with Crippen LogP contribution in [0.1, 0.15) is 28.3 Å². The molecule has 3 nitrogen and oxygen atoms in total. The third kappa shape index (κ3) is 4.63. The molecule has 0 amide bonds. The first-order valence-corrected chi connectivity index (χ1v) is 8.99. The summed E-state index contributed by atoms with van der Waals surface area (Å²) in [6.45, 7) is 7.64. The summed E-state index contributed by atoms with van der Waals surface area (Å²) in [5, 5.41) is 3.53. The van der Waals surface area contributed by atoms with E-state index in [1.165, 1.54) is 34.8 Å². The highest BCUT2D eigenvalue weighted by Gasteiger charge is 2.18. The molecule has 118 valence electrons. The molecule has 0 spiro atoms. The molecule has 22 heavy (non-hydrogen) atoms. The largest absolute Gasteiger partial charge is 0.316 e. The second kappa shape index (κ2) is 7.86. The van der Waals surface area contributed by atoms with Crippen LogP contribution in [0.25, 0.3) is 0 Å². The molecular weight excluding hydrogens is 290 g/mol. The Morgan fingerprint density at radius 1 is 1.27 bits per heavy atom. The smallest absolute Gasteiger partial charge is 0.0544 e. The molecular formula is C18H25N3S. The van der Waals surface area contributed by atoms with Crippen molar-refractivity contribution >= 4 is 11.3 Å². The summed E-state index contributed by atoms with van der Waals surface area (Å²) in [5.41, 5.74) is 1.17. The summed E-state index contributed by atoms with van der Waals surface area (Å²) < 4.78 is 0. The van der Waals surface area contributed by atoms with Gasteiger partial charge in [-0.05, 0) is 63.0 Å². The van der Waals surface area contributed by atoms with Crippen molar-refractivity contribution in [2.45, 2.75) is 32.9 Å². The van der Waals surface area contributed by atoms with Crippen molar-refractivity contribution in [3.05, 3.63) is 52.0 Å². The molecule has 0 radical (unpaired) electrons. The van der Waals surface area contributed by atoms with Crippen LogP contribution < -0.4 is 5.32 Å². The zero-order chi connectivity index (χ0) is 15.2. The van der Waals surface area contributed by atoms with E-state index in [0.717, 1.165) is 32.1 Å². The number of aromatic nitrogens is 1. The summed E-state index contributed by atoms with van der Waals surface area (Å²) >= 11 is 1.91. The van der Waals surface area contributed by atoms with Gasteiger partial charge in [0.05, 0.1) is 5.69 Å². The summed E-state index contributed by atoms with van der Waals surface area (Å²) in [5.74, 6) is 0.763. The molecule has 1 N–H and O–H groups in total. The maximum atomic E-state index is 4.50. The predicted molar refractivity (Wildman–Crippen MR) is 93.0 cm³/mol. The summed E-state index contributed by atoms with van der Waals surface area (Å²) in [4.78, 5) is 9.92. The number of piperidine rings is 1. The Morgan fingerprint density at radius 2 is 2.23 bits per heavy atom. The highest BCUT2D eigenvalue weighted by atomic mass is 32.1. The molecule has 0 unspecified atom stereocenters. The molecule has 1 saturated heterocycles. The van der Waals surface area contributed by atoms with Gasteiger partial charge in [-0.25, -0.2) is 0 Å². The van der Waals surface area contributed by atoms with E-state index in [2.05, 4.69) is 46.4 Å². The third-order valence-corrected chi connectivity index (χ3v) is 5.19. The molecule has 3 heterocycles. The minimum Gasteiger partial charge on any atom is -0.316 e. The van der Waals surface area contributed by atoms with Crippen LogP contribution in [0.5, 0.6) is 0 Å². The molecule has 1 atom stereocenters. The van der Waals surface area contributed by atoms with Crippen LogP contribution >= 0.6 is 11.3 Å². The van der Waals surface area contributed by atoms with E-state index in [1.807, 2.05) is 23.6 Å². The predicted octanol–water partition coefficient (Wildman–Crippen LogP) is 3.45. The van der Waals surface area contributed by atoms with Crippen molar-refractivity contribution < 1.29 is 0 Å². The number of nitrogens with zero attached hydrogens (tertiary/aromatic N) is 2. The normalized spacial score (nSPS) is 18.7. The highest BCUT2D eigenvalue weighted by molar-refractivity contribution is 7.11. The molecule has 2 aromatic heterocycles. The highest BCUT2D eigenvalue weighted by Crippen LogP contribution is 2.20. The Morgan fingerprint density at radius 3 is 2.91 bits per heavy atom. The zero-order valence-electron chi connectivity index (χ0n) is 13.3. The summed E-state index contributed by atoms with van der Waals surface area (Å²) in [7, 11) is 0. The van der Waals surface area contributed by atoms with Gasteiger partial charge in [-0.1, -0.05) is 6.07 Å². The lowest BCUT2D eigenvalue weighted by Gasteiger charge is -2.29. The van der Waals surface area contributed by atoms with Gasteiger partial charge < -0.3 is 5.32 Å². The number of pyridine rings is 1. The van der Waals surface area contributed by atoms with E-state index in [-0.39, 0.29) is 0 Å². The number of hydrogen-bond donors (Lipinski definition) is 1. The van der Waals surface area contributed by atoms with E-state index in [9.17, 15) is 0 Å². The quantitative estimate of drug-likeness (QED) is 0.885. The van der Waals surface area contributed by atoms with Crippen LogP contribution in [-0.4, -0.2) is 29.5 Å². The SMILES string of the molecule is Cc1ccc(CN(Cc2ccccn2)C[C@H]2CCCNC2)s1. The summed E-state index contributed by atoms with van der Waals surface area (Å²) in [6.07, 6.45) is 4.54. The van der Waals surface area contributed by atoms with Crippen LogP contribution in [0.4, 0.5) is 0 Å². The van der Waals surface area contributed by atoms with Crippen molar-refractivity contribution in [1.29, 1.82) is 0 Å². The lowest BCUT2D eigenvalue weighted by molar-refractivity contribution is 0.193. The molecule has 2 aromatic rings. The van der Waals surface area contributed by atoms with Gasteiger partial charge in [0.1, 0.15) is 0 Å². The molecule has 1 aliphatic rings. The average molecular weight is 315 g/mol. The van der Waals surface area contributed by atoms with Gasteiger partial charge in [0.25, 0.3) is 0 Å². The van der Waals surface area contributed by atoms with Crippen LogP contribution in [0.2, 0.25) is 0 Å². The Hall–Kier alpha value is -1.23. The third-order valence-electron chi connectivity index (χ3n) is 4.20. The number of aryl methyl sites for hydroxylation is 1. The van der Waals surface area contributed by atoms with Gasteiger partial charge in [0.2, 0.25) is 0 Å². The molecule has 0 aromatic carbocycles. The van der Waals surface area contributed by atoms with Gasteiger partial charge in [0.15, 0.2) is 0 Å². The van der Waals surface area contributed by atoms with E-state index in [1.54, 1.807) is 0 Å². The van der Waals surface area contributed by atoms with Crippen LogP contribution in [0, 0.1) is 12.8 Å². The molecule has 1 aliphatic heterocycles. The van der Waals surface area contributed by atoms with Gasteiger partial charge in [-0.15, -0.1) is 11.3 Å². The average Bonchev–Trinajstić information content (AvgIpc) is 2.94. The molecule has 3 rings (SSSR count). The number of thiophene rings is 1. The topological polar surface area (TPSA) is 28.2 Å². The molecule has 4 heteroatoms. The van der Waals surface area contributed by atoms with E-state index in [0.29, 0.717) is 0 Å². The van der Waals surface area contributed by atoms with Crippen molar-refractivity contribution in [3.63, 3.8) is 0 Å². The maximum absolute atomic E-state index is 4.50. The van der Waals surface area contributed by atoms with Crippen LogP contribution in [0.15, 0.2) is 36.5 Å². The fourth-order valence-electron chi connectivity index (χ4n) is 3.14. The molecule has 0 aliphatic carbocycles. The van der Waals surface area contributed by atoms with E-state index in [4.69, 9.17) is 0 Å². The number of hydrogen-bond acceptors (Lipinski definition) is 4. The first-order valence-electron chi connectivity index (χ1n) is 8.18. The van der Waals surface area contributed by atoms with E-state index >= 15 is 0 Å². The summed E-state index contributed by atoms with van der Waals surface area (Å²) in [6, 6.07) is 10.7. The monoisotopic (exact) mass is 315 g/mol. The van der Waals surface area contributed by atoms with Crippen LogP contribution in [0.3, 0.4) is 0 Å². The van der Waals surface area contributed by atoms with Gasteiger partial charge in [-0.2, -0.15) is 0 Å². The fourth-order valence-corrected chi connectivity index (χ4v) is 4.07. The van der Waals surface area contributed by atoms with Crippen molar-refractivity contribution in [3.8, 4) is 0 Å². The van der Waals surface area contributed by atoms with Crippen molar-refractivity contribution in [2.24, 2.45) is 5.92 Å². The first-order chi connectivity index (χ1) is 10.8. The Labute approximate surface area is 137 Å². The first kappa shape index (κ1) is 15.7. The molecule has 0 bridgehead atoms. The van der Waals surface area contributed by atoms with Crippen molar-refractivity contribution in [2.75, 3.05) is 19.6 Å². The number of nitrogens with one attached hydrogen (secondary N) is 1. The van der Waals surface area contributed by atoms with Crippen LogP contribution in [-0.2, 0) is 13.1 Å². The Kier molecular flexibility index (Phi) is 5.59. The molecule has 1 fully saturated rings. The number of rotatable bonds is 6. The lowest BCUT2D eigenvalue weighted by Crippen LogP contribution is -2.37. The Balaban J connectivity index is 1.66. The fraction of sp³-hybridized carbons (Fsp3) is 0.500. The maximum Gasteiger partial charge on any atom is 0.0544 e. The second-order valence-corrected chi connectivity index (χ2v) is 7.59. The van der Waals surface area contributed by atoms with Gasteiger partial charge >= 0.3 is 0 Å². The molecule has 0 saturated carbocycles. The lowest BCUT2D eigenvalue weighted by atomic mass is 9.99. The van der Waals surface area contributed by atoms with Crippen molar-refractivity contribution in [1.82, 2.24) is 15.2 Å².